The van der Waals surface area contributed by atoms with Crippen LogP contribution in [0.3, 0.4) is 0 Å². The minimum Gasteiger partial charge on any atom is -0.345 e. The van der Waals surface area contributed by atoms with Gasteiger partial charge in [0.05, 0.1) is 6.04 Å². The molecule has 114 valence electrons. The molecule has 0 fully saturated rings. The summed E-state index contributed by atoms with van der Waals surface area (Å²) in [7, 11) is 0. The lowest BCUT2D eigenvalue weighted by molar-refractivity contribution is 0.0935. The van der Waals surface area contributed by atoms with Gasteiger partial charge in [-0.2, -0.15) is 0 Å². The quantitative estimate of drug-likeness (QED) is 0.834. The number of amides is 1. The third-order valence-electron chi connectivity index (χ3n) is 3.80. The van der Waals surface area contributed by atoms with Crippen LogP contribution in [0.5, 0.6) is 0 Å². The van der Waals surface area contributed by atoms with Crippen molar-refractivity contribution in [2.45, 2.75) is 33.2 Å². The average molecular weight is 293 g/mol. The van der Waals surface area contributed by atoms with Crippen molar-refractivity contribution in [1.29, 1.82) is 0 Å². The Morgan fingerprint density at radius 2 is 1.91 bits per heavy atom. The Morgan fingerprint density at radius 3 is 2.55 bits per heavy atom. The molecule has 1 N–H and O–H groups in total. The zero-order chi connectivity index (χ0) is 15.9. The maximum atomic E-state index is 12.5. The molecule has 0 radical (unpaired) electrons. The van der Waals surface area contributed by atoms with Crippen LogP contribution >= 0.6 is 0 Å². The second kappa shape index (κ2) is 7.60. The van der Waals surface area contributed by atoms with Gasteiger partial charge in [-0.25, -0.2) is 0 Å². The number of carbonyl (C=O) groups is 1. The summed E-state index contributed by atoms with van der Waals surface area (Å²) >= 11 is 0. The lowest BCUT2D eigenvalue weighted by atomic mass is 10.0. The first-order chi connectivity index (χ1) is 10.7. The summed E-state index contributed by atoms with van der Waals surface area (Å²) in [6.07, 6.45) is 4.88. The van der Waals surface area contributed by atoms with Crippen molar-refractivity contribution >= 4 is 12.0 Å². The van der Waals surface area contributed by atoms with Gasteiger partial charge in [0, 0.05) is 5.56 Å². The van der Waals surface area contributed by atoms with Crippen molar-refractivity contribution in [1.82, 2.24) is 5.32 Å². The third-order valence-corrected chi connectivity index (χ3v) is 3.80. The highest BCUT2D eigenvalue weighted by atomic mass is 16.1. The molecule has 0 aliphatic heterocycles. The Bertz CT molecular complexity index is 659. The van der Waals surface area contributed by atoms with Crippen LogP contribution in [0.25, 0.3) is 6.08 Å². The Balaban J connectivity index is 2.19. The smallest absolute Gasteiger partial charge is 0.251 e. The van der Waals surface area contributed by atoms with Gasteiger partial charge in [0.1, 0.15) is 0 Å². The van der Waals surface area contributed by atoms with Crippen LogP contribution in [-0.2, 0) is 0 Å². The van der Waals surface area contributed by atoms with Crippen molar-refractivity contribution in [3.63, 3.8) is 0 Å². The van der Waals surface area contributed by atoms with Gasteiger partial charge in [-0.1, -0.05) is 55.5 Å². The van der Waals surface area contributed by atoms with Crippen LogP contribution in [-0.4, -0.2) is 5.91 Å². The first kappa shape index (κ1) is 16.0. The fourth-order valence-electron chi connectivity index (χ4n) is 2.49. The summed E-state index contributed by atoms with van der Waals surface area (Å²) < 4.78 is 0. The molecule has 22 heavy (non-hydrogen) atoms. The van der Waals surface area contributed by atoms with Crippen molar-refractivity contribution in [3.8, 4) is 0 Å². The van der Waals surface area contributed by atoms with Gasteiger partial charge in [0.15, 0.2) is 0 Å². The number of rotatable bonds is 5. The molecule has 2 rings (SSSR count). The van der Waals surface area contributed by atoms with E-state index in [1.165, 1.54) is 5.56 Å². The Kier molecular flexibility index (Phi) is 5.54. The predicted molar refractivity (Wildman–Crippen MR) is 92.8 cm³/mol. The molecule has 1 atom stereocenters. The molecule has 2 aromatic carbocycles. The topological polar surface area (TPSA) is 29.1 Å². The summed E-state index contributed by atoms with van der Waals surface area (Å²) in [5.74, 6) is -0.0264. The molecule has 0 bridgehead atoms. The van der Waals surface area contributed by atoms with E-state index >= 15 is 0 Å². The Hall–Kier alpha value is -2.35. The van der Waals surface area contributed by atoms with Crippen molar-refractivity contribution in [3.05, 3.63) is 76.9 Å². The molecule has 2 nitrogen and oxygen atoms in total. The number of benzene rings is 2. The Labute approximate surface area is 132 Å². The second-order valence-corrected chi connectivity index (χ2v) is 5.42. The molecule has 2 heteroatoms. The van der Waals surface area contributed by atoms with E-state index in [0.717, 1.165) is 17.5 Å². The predicted octanol–water partition coefficient (Wildman–Crippen LogP) is 4.91. The van der Waals surface area contributed by atoms with Crippen LogP contribution in [0.2, 0.25) is 0 Å². The lowest BCUT2D eigenvalue weighted by Crippen LogP contribution is -2.28. The van der Waals surface area contributed by atoms with Gasteiger partial charge in [-0.05, 0) is 49.1 Å². The molecule has 0 spiro atoms. The Morgan fingerprint density at radius 1 is 1.18 bits per heavy atom. The lowest BCUT2D eigenvalue weighted by Gasteiger charge is -2.18. The van der Waals surface area contributed by atoms with E-state index in [0.29, 0.717) is 5.56 Å². The van der Waals surface area contributed by atoms with Crippen LogP contribution in [0.15, 0.2) is 54.6 Å². The minimum atomic E-state index is -0.0264. The highest BCUT2D eigenvalue weighted by molar-refractivity contribution is 5.95. The van der Waals surface area contributed by atoms with Crippen LogP contribution in [0, 0.1) is 6.92 Å². The molecule has 0 aliphatic rings. The SMILES string of the molecule is C/C=C\c1cc(C(=O)NC(CC)c2ccccc2)ccc1C. The normalized spacial score (nSPS) is 12.3. The maximum absolute atomic E-state index is 12.5. The average Bonchev–Trinajstić information content (AvgIpc) is 2.55. The zero-order valence-corrected chi connectivity index (χ0v) is 13.5. The van der Waals surface area contributed by atoms with E-state index in [-0.39, 0.29) is 11.9 Å². The molecule has 0 aliphatic carbocycles. The third kappa shape index (κ3) is 3.85. The summed E-state index contributed by atoms with van der Waals surface area (Å²) in [5.41, 5.74) is 4.10. The standard InChI is InChI=1S/C20H23NO/c1-4-9-17-14-18(13-12-15(17)3)20(22)21-19(5-2)16-10-7-6-8-11-16/h4,6-14,19H,5H2,1-3H3,(H,21,22)/b9-4-. The molecule has 0 heterocycles. The largest absolute Gasteiger partial charge is 0.345 e. The zero-order valence-electron chi connectivity index (χ0n) is 13.5. The van der Waals surface area contributed by atoms with Crippen molar-refractivity contribution in [2.75, 3.05) is 0 Å². The van der Waals surface area contributed by atoms with E-state index in [9.17, 15) is 4.79 Å². The number of nitrogens with one attached hydrogen (secondary N) is 1. The molecule has 1 amide bonds. The van der Waals surface area contributed by atoms with Gasteiger partial charge in [0.25, 0.3) is 5.91 Å². The van der Waals surface area contributed by atoms with E-state index in [2.05, 4.69) is 31.3 Å². The van der Waals surface area contributed by atoms with Gasteiger partial charge in [-0.15, -0.1) is 0 Å². The van der Waals surface area contributed by atoms with Gasteiger partial charge in [-0.3, -0.25) is 4.79 Å². The van der Waals surface area contributed by atoms with Crippen LogP contribution < -0.4 is 5.32 Å². The monoisotopic (exact) mass is 293 g/mol. The highest BCUT2D eigenvalue weighted by Gasteiger charge is 2.14. The van der Waals surface area contributed by atoms with Crippen molar-refractivity contribution in [2.24, 2.45) is 0 Å². The number of hydrogen-bond donors (Lipinski definition) is 1. The number of allylic oxidation sites excluding steroid dienone is 1. The molecular formula is C20H23NO. The maximum Gasteiger partial charge on any atom is 0.251 e. The van der Waals surface area contributed by atoms with Crippen molar-refractivity contribution < 1.29 is 4.79 Å². The number of aryl methyl sites for hydroxylation is 1. The molecule has 0 aromatic heterocycles. The first-order valence-electron chi connectivity index (χ1n) is 7.74. The molecule has 2 aromatic rings. The highest BCUT2D eigenvalue weighted by Crippen LogP contribution is 2.18. The molecule has 1 unspecified atom stereocenters. The molecule has 0 saturated carbocycles. The molecular weight excluding hydrogens is 270 g/mol. The number of hydrogen-bond acceptors (Lipinski definition) is 1. The minimum absolute atomic E-state index is 0.0264. The van der Waals surface area contributed by atoms with Crippen LogP contribution in [0.1, 0.15) is 53.4 Å². The fourth-order valence-corrected chi connectivity index (χ4v) is 2.49. The van der Waals surface area contributed by atoms with E-state index in [1.807, 2.05) is 55.5 Å². The first-order valence-corrected chi connectivity index (χ1v) is 7.74. The van der Waals surface area contributed by atoms with E-state index < -0.39 is 0 Å². The summed E-state index contributed by atoms with van der Waals surface area (Å²) in [6, 6.07) is 16.0. The summed E-state index contributed by atoms with van der Waals surface area (Å²) in [4.78, 5) is 12.5. The number of carbonyl (C=O) groups excluding carboxylic acids is 1. The summed E-state index contributed by atoms with van der Waals surface area (Å²) in [5, 5.41) is 3.13. The fraction of sp³-hybridized carbons (Fsp3) is 0.250. The van der Waals surface area contributed by atoms with E-state index in [1.54, 1.807) is 0 Å². The van der Waals surface area contributed by atoms with Gasteiger partial charge in [0.2, 0.25) is 0 Å². The summed E-state index contributed by atoms with van der Waals surface area (Å²) in [6.45, 7) is 6.11. The van der Waals surface area contributed by atoms with Crippen LogP contribution in [0.4, 0.5) is 0 Å². The van der Waals surface area contributed by atoms with Gasteiger partial charge >= 0.3 is 0 Å². The van der Waals surface area contributed by atoms with E-state index in [4.69, 9.17) is 0 Å². The second-order valence-electron chi connectivity index (χ2n) is 5.42. The molecule has 0 saturated heterocycles. The van der Waals surface area contributed by atoms with Gasteiger partial charge < -0.3 is 5.32 Å².